The Bertz CT molecular complexity index is 408. The molecule has 2 aromatic rings. The minimum absolute atomic E-state index is 0.0266. The Hall–Kier alpha value is -1.27. The summed E-state index contributed by atoms with van der Waals surface area (Å²) in [4.78, 5) is 4.35. The number of nitrogens with one attached hydrogen (secondary N) is 1. The third-order valence-corrected chi connectivity index (χ3v) is 2.80. The monoisotopic (exact) mass is 223 g/mol. The number of hydrogen-bond donors (Lipinski definition) is 1. The molecule has 15 heavy (non-hydrogen) atoms. The average molecular weight is 223 g/mol. The molecule has 80 valence electrons. The van der Waals surface area contributed by atoms with E-state index in [4.69, 9.17) is 0 Å². The lowest BCUT2D eigenvalue weighted by atomic mass is 10.2. The first-order valence-electron chi connectivity index (χ1n) is 4.82. The van der Waals surface area contributed by atoms with E-state index in [9.17, 15) is 0 Å². The van der Waals surface area contributed by atoms with Crippen molar-refractivity contribution in [3.05, 3.63) is 30.1 Å². The second kappa shape index (κ2) is 4.50. The maximum Gasteiger partial charge on any atom is 0.132 e. The maximum atomic E-state index is 4.35. The van der Waals surface area contributed by atoms with Crippen LogP contribution in [0.25, 0.3) is 0 Å². The van der Waals surface area contributed by atoms with Gasteiger partial charge in [-0.15, -0.1) is 0 Å². The fourth-order valence-electron chi connectivity index (χ4n) is 1.56. The minimum Gasteiger partial charge on any atom is -0.334 e. The number of rotatable bonds is 4. The average Bonchev–Trinajstić information content (AvgIpc) is 2.89. The minimum atomic E-state index is 0.0266. The third kappa shape index (κ3) is 1.91. The van der Waals surface area contributed by atoms with Gasteiger partial charge in [0.05, 0.1) is 23.6 Å². The van der Waals surface area contributed by atoms with E-state index in [1.807, 2.05) is 19.4 Å². The zero-order chi connectivity index (χ0) is 10.7. The number of aromatic nitrogens is 4. The maximum absolute atomic E-state index is 4.35. The van der Waals surface area contributed by atoms with Crippen LogP contribution in [-0.4, -0.2) is 25.3 Å². The van der Waals surface area contributed by atoms with Gasteiger partial charge in [0.15, 0.2) is 0 Å². The number of imidazole rings is 1. The van der Waals surface area contributed by atoms with Crippen LogP contribution in [0.1, 0.15) is 24.5 Å². The lowest BCUT2D eigenvalue weighted by Gasteiger charge is -2.14. The van der Waals surface area contributed by atoms with Crippen LogP contribution < -0.4 is 5.32 Å². The van der Waals surface area contributed by atoms with Gasteiger partial charge in [-0.2, -0.15) is 8.75 Å². The van der Waals surface area contributed by atoms with E-state index in [2.05, 4.69) is 30.5 Å². The number of hydrogen-bond acceptors (Lipinski definition) is 5. The SMILES string of the molecule is CCn1ccnc1C(NC)c1cnsn1. The largest absolute Gasteiger partial charge is 0.334 e. The lowest BCUT2D eigenvalue weighted by Crippen LogP contribution is -2.22. The van der Waals surface area contributed by atoms with Crippen LogP contribution in [0.2, 0.25) is 0 Å². The van der Waals surface area contributed by atoms with Crippen molar-refractivity contribution < 1.29 is 0 Å². The van der Waals surface area contributed by atoms with Crippen molar-refractivity contribution in [2.45, 2.75) is 19.5 Å². The van der Waals surface area contributed by atoms with Crippen molar-refractivity contribution in [2.75, 3.05) is 7.05 Å². The molecule has 0 radical (unpaired) electrons. The smallest absolute Gasteiger partial charge is 0.132 e. The fraction of sp³-hybridized carbons (Fsp3) is 0.444. The van der Waals surface area contributed by atoms with Gasteiger partial charge < -0.3 is 9.88 Å². The van der Waals surface area contributed by atoms with Gasteiger partial charge in [-0.25, -0.2) is 4.98 Å². The van der Waals surface area contributed by atoms with Gasteiger partial charge in [0.25, 0.3) is 0 Å². The second-order valence-corrected chi connectivity index (χ2v) is 3.68. The third-order valence-electron chi connectivity index (χ3n) is 2.31. The molecule has 0 aliphatic carbocycles. The Morgan fingerprint density at radius 3 is 3.07 bits per heavy atom. The van der Waals surface area contributed by atoms with Gasteiger partial charge in [0.1, 0.15) is 11.9 Å². The molecule has 0 aromatic carbocycles. The highest BCUT2D eigenvalue weighted by Crippen LogP contribution is 2.18. The van der Waals surface area contributed by atoms with Crippen LogP contribution in [0.5, 0.6) is 0 Å². The first-order valence-corrected chi connectivity index (χ1v) is 5.55. The van der Waals surface area contributed by atoms with Crippen LogP contribution in [0.15, 0.2) is 18.6 Å². The highest BCUT2D eigenvalue weighted by atomic mass is 32.1. The van der Waals surface area contributed by atoms with Crippen molar-refractivity contribution in [1.82, 2.24) is 23.6 Å². The molecule has 2 aromatic heterocycles. The van der Waals surface area contributed by atoms with Gasteiger partial charge in [-0.1, -0.05) is 0 Å². The van der Waals surface area contributed by atoms with Gasteiger partial charge in [0.2, 0.25) is 0 Å². The van der Waals surface area contributed by atoms with Gasteiger partial charge in [-0.05, 0) is 14.0 Å². The molecule has 0 aliphatic heterocycles. The molecule has 5 nitrogen and oxygen atoms in total. The van der Waals surface area contributed by atoms with Crippen LogP contribution in [-0.2, 0) is 6.54 Å². The van der Waals surface area contributed by atoms with E-state index in [0.29, 0.717) is 0 Å². The normalized spacial score (nSPS) is 12.9. The summed E-state index contributed by atoms with van der Waals surface area (Å²) in [6.45, 7) is 3.00. The Morgan fingerprint density at radius 2 is 2.47 bits per heavy atom. The van der Waals surface area contributed by atoms with E-state index >= 15 is 0 Å². The molecular weight excluding hydrogens is 210 g/mol. The molecule has 6 heteroatoms. The summed E-state index contributed by atoms with van der Waals surface area (Å²) in [5, 5.41) is 3.20. The van der Waals surface area contributed by atoms with E-state index in [1.165, 1.54) is 11.7 Å². The molecule has 1 N–H and O–H groups in total. The van der Waals surface area contributed by atoms with Crippen LogP contribution in [0.4, 0.5) is 0 Å². The van der Waals surface area contributed by atoms with E-state index in [1.54, 1.807) is 6.20 Å². The van der Waals surface area contributed by atoms with Crippen molar-refractivity contribution >= 4 is 11.7 Å². The fourth-order valence-corrected chi connectivity index (χ4v) is 2.01. The zero-order valence-electron chi connectivity index (χ0n) is 8.71. The van der Waals surface area contributed by atoms with E-state index in [0.717, 1.165) is 18.1 Å². The molecule has 1 atom stereocenters. The molecule has 0 amide bonds. The van der Waals surface area contributed by atoms with E-state index < -0.39 is 0 Å². The summed E-state index contributed by atoms with van der Waals surface area (Å²) >= 11 is 1.22. The van der Waals surface area contributed by atoms with Gasteiger partial charge >= 0.3 is 0 Å². The Morgan fingerprint density at radius 1 is 1.60 bits per heavy atom. The van der Waals surface area contributed by atoms with Crippen molar-refractivity contribution in [1.29, 1.82) is 0 Å². The quantitative estimate of drug-likeness (QED) is 0.842. The van der Waals surface area contributed by atoms with Crippen LogP contribution in [0.3, 0.4) is 0 Å². The van der Waals surface area contributed by atoms with Crippen molar-refractivity contribution in [3.63, 3.8) is 0 Å². The van der Waals surface area contributed by atoms with Gasteiger partial charge in [0, 0.05) is 18.9 Å². The number of aryl methyl sites for hydroxylation is 1. The number of nitrogens with zero attached hydrogens (tertiary/aromatic N) is 4. The lowest BCUT2D eigenvalue weighted by molar-refractivity contribution is 0.582. The zero-order valence-corrected chi connectivity index (χ0v) is 9.53. The second-order valence-electron chi connectivity index (χ2n) is 3.13. The first kappa shape index (κ1) is 10.3. The Balaban J connectivity index is 2.35. The highest BCUT2D eigenvalue weighted by molar-refractivity contribution is 6.99. The molecular formula is C9H13N5S. The summed E-state index contributed by atoms with van der Waals surface area (Å²) in [7, 11) is 1.90. The molecule has 0 spiro atoms. The van der Waals surface area contributed by atoms with E-state index in [-0.39, 0.29) is 6.04 Å². The molecule has 2 rings (SSSR count). The summed E-state index contributed by atoms with van der Waals surface area (Å²) in [6.07, 6.45) is 5.56. The first-order chi connectivity index (χ1) is 7.36. The standard InChI is InChI=1S/C9H13N5S/c1-3-14-5-4-11-9(14)8(10-2)7-6-12-15-13-7/h4-6,8,10H,3H2,1-2H3. The molecule has 2 heterocycles. The molecule has 0 fully saturated rings. The van der Waals surface area contributed by atoms with Gasteiger partial charge in [-0.3, -0.25) is 0 Å². The summed E-state index contributed by atoms with van der Waals surface area (Å²) in [6, 6.07) is 0.0266. The highest BCUT2D eigenvalue weighted by Gasteiger charge is 2.18. The molecule has 0 saturated heterocycles. The molecule has 1 unspecified atom stereocenters. The summed E-state index contributed by atoms with van der Waals surface area (Å²) in [5.74, 6) is 0.979. The van der Waals surface area contributed by atoms with Crippen molar-refractivity contribution in [2.24, 2.45) is 0 Å². The van der Waals surface area contributed by atoms with Crippen LogP contribution >= 0.6 is 11.7 Å². The predicted molar refractivity (Wildman–Crippen MR) is 58.7 cm³/mol. The summed E-state index contributed by atoms with van der Waals surface area (Å²) in [5.41, 5.74) is 0.920. The Kier molecular flexibility index (Phi) is 3.08. The Labute approximate surface area is 92.5 Å². The molecule has 0 aliphatic rings. The van der Waals surface area contributed by atoms with Crippen molar-refractivity contribution in [3.8, 4) is 0 Å². The topological polar surface area (TPSA) is 55.6 Å². The summed E-state index contributed by atoms with van der Waals surface area (Å²) < 4.78 is 10.3. The molecule has 0 saturated carbocycles. The predicted octanol–water partition coefficient (Wildman–Crippen LogP) is 1.06. The molecule has 0 bridgehead atoms. The van der Waals surface area contributed by atoms with Crippen LogP contribution in [0, 0.1) is 0 Å².